The van der Waals surface area contributed by atoms with Crippen LogP contribution in [0.5, 0.6) is 0 Å². The largest absolute Gasteiger partial charge is 0.330 e. The minimum atomic E-state index is 0.323. The van der Waals surface area contributed by atoms with E-state index in [2.05, 4.69) is 30.2 Å². The molecule has 0 saturated heterocycles. The Morgan fingerprint density at radius 2 is 2.27 bits per heavy atom. The normalized spacial score (nSPS) is 12.7. The van der Waals surface area contributed by atoms with Gasteiger partial charge < -0.3 is 11.1 Å². The summed E-state index contributed by atoms with van der Waals surface area (Å²) in [6, 6.07) is 4.39. The molecule has 3 nitrogen and oxygen atoms in total. The smallest absolute Gasteiger partial charge is 0.0599 e. The van der Waals surface area contributed by atoms with Gasteiger partial charge in [0, 0.05) is 12.2 Å². The second-order valence-electron chi connectivity index (χ2n) is 3.88. The zero-order valence-corrected chi connectivity index (χ0v) is 9.66. The summed E-state index contributed by atoms with van der Waals surface area (Å²) in [5.41, 5.74) is 7.83. The molecule has 84 valence electrons. The zero-order chi connectivity index (χ0) is 11.1. The molecule has 0 spiro atoms. The van der Waals surface area contributed by atoms with Gasteiger partial charge in [-0.15, -0.1) is 0 Å². The molecule has 1 heterocycles. The van der Waals surface area contributed by atoms with Gasteiger partial charge >= 0.3 is 0 Å². The maximum Gasteiger partial charge on any atom is 0.0599 e. The number of nitrogens with one attached hydrogen (secondary N) is 1. The maximum absolute atomic E-state index is 5.44. The highest BCUT2D eigenvalue weighted by Crippen LogP contribution is 2.13. The second kappa shape index (κ2) is 6.53. The van der Waals surface area contributed by atoms with E-state index < -0.39 is 0 Å². The van der Waals surface area contributed by atoms with Gasteiger partial charge in [-0.1, -0.05) is 6.07 Å². The average molecular weight is 207 g/mol. The van der Waals surface area contributed by atoms with Gasteiger partial charge in [0.15, 0.2) is 0 Å². The van der Waals surface area contributed by atoms with Crippen molar-refractivity contribution in [1.29, 1.82) is 0 Å². The highest BCUT2D eigenvalue weighted by Gasteiger charge is 2.07. The first kappa shape index (κ1) is 12.1. The van der Waals surface area contributed by atoms with E-state index in [-0.39, 0.29) is 0 Å². The molecule has 0 radical (unpaired) electrons. The van der Waals surface area contributed by atoms with E-state index >= 15 is 0 Å². The number of unbranched alkanes of at least 4 members (excludes halogenated alkanes) is 1. The Bertz CT molecular complexity index is 286. The summed E-state index contributed by atoms with van der Waals surface area (Å²) in [6.07, 6.45) is 4.06. The number of hydrogen-bond donors (Lipinski definition) is 2. The number of rotatable bonds is 6. The van der Waals surface area contributed by atoms with Crippen LogP contribution < -0.4 is 11.1 Å². The molecular weight excluding hydrogens is 186 g/mol. The molecule has 0 fully saturated rings. The van der Waals surface area contributed by atoms with Crippen LogP contribution in [0.2, 0.25) is 0 Å². The van der Waals surface area contributed by atoms with Crippen molar-refractivity contribution in [2.45, 2.75) is 32.7 Å². The maximum atomic E-state index is 5.44. The first-order chi connectivity index (χ1) is 7.25. The minimum Gasteiger partial charge on any atom is -0.330 e. The summed E-state index contributed by atoms with van der Waals surface area (Å²) in [4.78, 5) is 4.39. The highest BCUT2D eigenvalue weighted by atomic mass is 14.9. The Labute approximate surface area is 92.1 Å². The molecule has 3 N–H and O–H groups in total. The van der Waals surface area contributed by atoms with Crippen LogP contribution >= 0.6 is 0 Å². The van der Waals surface area contributed by atoms with Gasteiger partial charge in [0.1, 0.15) is 0 Å². The number of pyridine rings is 1. The molecule has 0 amide bonds. The van der Waals surface area contributed by atoms with Crippen LogP contribution in [-0.2, 0) is 0 Å². The predicted octanol–water partition coefficient (Wildman–Crippen LogP) is 1.78. The number of nitrogens with zero attached hydrogens (tertiary/aromatic N) is 1. The van der Waals surface area contributed by atoms with Gasteiger partial charge in [-0.3, -0.25) is 4.98 Å². The molecule has 0 aliphatic rings. The SMILES string of the molecule is Cc1cccnc1C(C)NCCCCN. The molecule has 1 aromatic rings. The Hall–Kier alpha value is -0.930. The fraction of sp³-hybridized carbons (Fsp3) is 0.583. The Morgan fingerprint density at radius 1 is 1.47 bits per heavy atom. The number of aryl methyl sites for hydroxylation is 1. The van der Waals surface area contributed by atoms with Crippen LogP contribution in [0.15, 0.2) is 18.3 Å². The summed E-state index contributed by atoms with van der Waals surface area (Å²) in [5, 5.41) is 3.46. The Kier molecular flexibility index (Phi) is 5.29. The minimum absolute atomic E-state index is 0.323. The average Bonchev–Trinajstić information content (AvgIpc) is 2.25. The van der Waals surface area contributed by atoms with Crippen LogP contribution in [0.3, 0.4) is 0 Å². The molecule has 0 aromatic carbocycles. The fourth-order valence-electron chi connectivity index (χ4n) is 1.64. The first-order valence-electron chi connectivity index (χ1n) is 5.60. The van der Waals surface area contributed by atoms with Crippen molar-refractivity contribution >= 4 is 0 Å². The lowest BCUT2D eigenvalue weighted by Gasteiger charge is -2.14. The second-order valence-corrected chi connectivity index (χ2v) is 3.88. The molecular formula is C12H21N3. The van der Waals surface area contributed by atoms with Gasteiger partial charge in [0.25, 0.3) is 0 Å². The lowest BCUT2D eigenvalue weighted by Crippen LogP contribution is -2.22. The van der Waals surface area contributed by atoms with Crippen molar-refractivity contribution in [3.8, 4) is 0 Å². The van der Waals surface area contributed by atoms with E-state index in [0.29, 0.717) is 6.04 Å². The van der Waals surface area contributed by atoms with Crippen molar-refractivity contribution in [1.82, 2.24) is 10.3 Å². The summed E-state index contributed by atoms with van der Waals surface area (Å²) in [6.45, 7) is 6.03. The van der Waals surface area contributed by atoms with Crippen molar-refractivity contribution in [3.05, 3.63) is 29.6 Å². The predicted molar refractivity (Wildman–Crippen MR) is 63.7 cm³/mol. The zero-order valence-electron chi connectivity index (χ0n) is 9.66. The highest BCUT2D eigenvalue weighted by molar-refractivity contribution is 5.20. The van der Waals surface area contributed by atoms with Crippen molar-refractivity contribution in [2.24, 2.45) is 5.73 Å². The third-order valence-corrected chi connectivity index (χ3v) is 2.54. The van der Waals surface area contributed by atoms with Gasteiger partial charge in [0.05, 0.1) is 5.69 Å². The molecule has 3 heteroatoms. The molecule has 0 bridgehead atoms. The molecule has 1 unspecified atom stereocenters. The number of aromatic nitrogens is 1. The van der Waals surface area contributed by atoms with E-state index in [4.69, 9.17) is 5.73 Å². The van der Waals surface area contributed by atoms with Crippen molar-refractivity contribution in [2.75, 3.05) is 13.1 Å². The van der Waals surface area contributed by atoms with Gasteiger partial charge in [-0.2, -0.15) is 0 Å². The molecule has 0 aliphatic carbocycles. The summed E-state index contributed by atoms with van der Waals surface area (Å²) in [7, 11) is 0. The number of nitrogens with two attached hydrogens (primary N) is 1. The molecule has 0 saturated carbocycles. The van der Waals surface area contributed by atoms with E-state index in [0.717, 1.165) is 31.6 Å². The van der Waals surface area contributed by atoms with Gasteiger partial charge in [0.2, 0.25) is 0 Å². The monoisotopic (exact) mass is 207 g/mol. The molecule has 0 aliphatic heterocycles. The van der Waals surface area contributed by atoms with Gasteiger partial charge in [-0.05, 0) is 51.4 Å². The van der Waals surface area contributed by atoms with Crippen LogP contribution in [-0.4, -0.2) is 18.1 Å². The van der Waals surface area contributed by atoms with Gasteiger partial charge in [-0.25, -0.2) is 0 Å². The summed E-state index contributed by atoms with van der Waals surface area (Å²) < 4.78 is 0. The summed E-state index contributed by atoms with van der Waals surface area (Å²) in [5.74, 6) is 0. The quantitative estimate of drug-likeness (QED) is 0.699. The van der Waals surface area contributed by atoms with E-state index in [1.54, 1.807) is 0 Å². The van der Waals surface area contributed by atoms with E-state index in [9.17, 15) is 0 Å². The number of hydrogen-bond acceptors (Lipinski definition) is 3. The third kappa shape index (κ3) is 3.98. The van der Waals surface area contributed by atoms with Crippen molar-refractivity contribution < 1.29 is 0 Å². The Morgan fingerprint density at radius 3 is 2.93 bits per heavy atom. The van der Waals surface area contributed by atoms with Crippen LogP contribution in [0.1, 0.15) is 37.1 Å². The molecule has 1 aromatic heterocycles. The van der Waals surface area contributed by atoms with E-state index in [1.165, 1.54) is 5.56 Å². The summed E-state index contributed by atoms with van der Waals surface area (Å²) >= 11 is 0. The topological polar surface area (TPSA) is 50.9 Å². The lowest BCUT2D eigenvalue weighted by atomic mass is 10.1. The van der Waals surface area contributed by atoms with Crippen LogP contribution in [0.25, 0.3) is 0 Å². The Balaban J connectivity index is 2.40. The first-order valence-corrected chi connectivity index (χ1v) is 5.60. The third-order valence-electron chi connectivity index (χ3n) is 2.54. The molecule has 1 atom stereocenters. The van der Waals surface area contributed by atoms with Crippen LogP contribution in [0, 0.1) is 6.92 Å². The fourth-order valence-corrected chi connectivity index (χ4v) is 1.64. The molecule has 1 rings (SSSR count). The molecule has 15 heavy (non-hydrogen) atoms. The van der Waals surface area contributed by atoms with E-state index in [1.807, 2.05) is 12.3 Å². The van der Waals surface area contributed by atoms with Crippen molar-refractivity contribution in [3.63, 3.8) is 0 Å². The lowest BCUT2D eigenvalue weighted by molar-refractivity contribution is 0.537. The standard InChI is InChI=1S/C12H21N3/c1-10-6-5-9-15-12(10)11(2)14-8-4-3-7-13/h5-6,9,11,14H,3-4,7-8,13H2,1-2H3. The van der Waals surface area contributed by atoms with Crippen LogP contribution in [0.4, 0.5) is 0 Å².